The van der Waals surface area contributed by atoms with E-state index in [2.05, 4.69) is 5.32 Å². The van der Waals surface area contributed by atoms with Crippen LogP contribution in [-0.2, 0) is 14.8 Å². The molecule has 1 atom stereocenters. The van der Waals surface area contributed by atoms with Gasteiger partial charge in [0.2, 0.25) is 10.0 Å². The van der Waals surface area contributed by atoms with E-state index in [1.165, 1.54) is 26.2 Å². The average molecular weight is 383 g/mol. The molecule has 0 spiro atoms. The molecule has 6 nitrogen and oxygen atoms in total. The number of rotatable bonds is 6. The van der Waals surface area contributed by atoms with E-state index in [1.54, 1.807) is 43.3 Å². The Bertz CT molecular complexity index is 868. The molecule has 2 aromatic rings. The zero-order valence-electron chi connectivity index (χ0n) is 14.1. The standard InChI is InChI=1S/C17H19ClN2O4S/c1-12(24-16-10-5-4-9-15(16)18)17(21)19-13-7-6-8-14(11-13)25(22,23)20(2)3/h4-12H,1-3H3,(H,19,21). The molecule has 0 aliphatic heterocycles. The highest BCUT2D eigenvalue weighted by Gasteiger charge is 2.19. The molecule has 0 radical (unpaired) electrons. The topological polar surface area (TPSA) is 75.7 Å². The lowest BCUT2D eigenvalue weighted by Crippen LogP contribution is -2.30. The lowest BCUT2D eigenvalue weighted by atomic mass is 10.3. The van der Waals surface area contributed by atoms with Crippen molar-refractivity contribution in [2.24, 2.45) is 0 Å². The second-order valence-electron chi connectivity index (χ2n) is 5.50. The summed E-state index contributed by atoms with van der Waals surface area (Å²) < 4.78 is 31.0. The van der Waals surface area contributed by atoms with Crippen LogP contribution < -0.4 is 10.1 Å². The molecule has 0 aromatic heterocycles. The molecule has 0 aliphatic carbocycles. The van der Waals surface area contributed by atoms with Gasteiger partial charge in [0, 0.05) is 19.8 Å². The van der Waals surface area contributed by atoms with Crippen LogP contribution in [-0.4, -0.2) is 38.8 Å². The molecule has 0 bridgehead atoms. The monoisotopic (exact) mass is 382 g/mol. The molecular formula is C17H19ClN2O4S. The summed E-state index contributed by atoms with van der Waals surface area (Å²) in [6.45, 7) is 1.58. The fourth-order valence-corrected chi connectivity index (χ4v) is 3.10. The maximum atomic E-state index is 12.3. The molecule has 8 heteroatoms. The first kappa shape index (κ1) is 19.2. The summed E-state index contributed by atoms with van der Waals surface area (Å²) in [5.74, 6) is -0.0185. The van der Waals surface area contributed by atoms with Crippen molar-refractivity contribution in [2.45, 2.75) is 17.9 Å². The van der Waals surface area contributed by atoms with E-state index in [9.17, 15) is 13.2 Å². The van der Waals surface area contributed by atoms with Gasteiger partial charge in [0.15, 0.2) is 6.10 Å². The second-order valence-corrected chi connectivity index (χ2v) is 8.05. The number of carbonyl (C=O) groups is 1. The van der Waals surface area contributed by atoms with Crippen LogP contribution in [0, 0.1) is 0 Å². The van der Waals surface area contributed by atoms with Gasteiger partial charge in [0.1, 0.15) is 5.75 Å². The van der Waals surface area contributed by atoms with E-state index < -0.39 is 22.0 Å². The van der Waals surface area contributed by atoms with Gasteiger partial charge in [0.05, 0.1) is 9.92 Å². The van der Waals surface area contributed by atoms with E-state index >= 15 is 0 Å². The summed E-state index contributed by atoms with van der Waals surface area (Å²) in [6.07, 6.45) is -0.811. The summed E-state index contributed by atoms with van der Waals surface area (Å²) in [6, 6.07) is 12.9. The lowest BCUT2D eigenvalue weighted by Gasteiger charge is -2.16. The smallest absolute Gasteiger partial charge is 0.265 e. The number of nitrogens with zero attached hydrogens (tertiary/aromatic N) is 1. The molecule has 2 aromatic carbocycles. The van der Waals surface area contributed by atoms with Crippen LogP contribution in [0.15, 0.2) is 53.4 Å². The molecule has 2 rings (SSSR count). The fraction of sp³-hybridized carbons (Fsp3) is 0.235. The van der Waals surface area contributed by atoms with Crippen molar-refractivity contribution in [3.05, 3.63) is 53.6 Å². The van der Waals surface area contributed by atoms with Gasteiger partial charge in [-0.25, -0.2) is 12.7 Å². The minimum Gasteiger partial charge on any atom is -0.479 e. The van der Waals surface area contributed by atoms with Gasteiger partial charge in [-0.2, -0.15) is 0 Å². The minimum atomic E-state index is -3.58. The number of hydrogen-bond acceptors (Lipinski definition) is 4. The second kappa shape index (κ2) is 7.86. The SMILES string of the molecule is CC(Oc1ccccc1Cl)C(=O)Nc1cccc(S(=O)(=O)N(C)C)c1. The van der Waals surface area contributed by atoms with Crippen LogP contribution >= 0.6 is 11.6 Å². The number of sulfonamides is 1. The predicted octanol–water partition coefficient (Wildman–Crippen LogP) is 3.00. The van der Waals surface area contributed by atoms with Gasteiger partial charge >= 0.3 is 0 Å². The van der Waals surface area contributed by atoms with E-state index in [1.807, 2.05) is 0 Å². The molecule has 1 N–H and O–H groups in total. The van der Waals surface area contributed by atoms with Gasteiger partial charge in [-0.1, -0.05) is 29.8 Å². The third-order valence-electron chi connectivity index (χ3n) is 3.39. The third-order valence-corrected chi connectivity index (χ3v) is 5.51. The number of carbonyl (C=O) groups excluding carboxylic acids is 1. The van der Waals surface area contributed by atoms with Gasteiger partial charge < -0.3 is 10.1 Å². The molecule has 1 amide bonds. The van der Waals surface area contributed by atoms with Crippen LogP contribution in [0.2, 0.25) is 5.02 Å². The van der Waals surface area contributed by atoms with Crippen LogP contribution in [0.1, 0.15) is 6.92 Å². The van der Waals surface area contributed by atoms with Crippen molar-refractivity contribution in [3.8, 4) is 5.75 Å². The highest BCUT2D eigenvalue weighted by atomic mass is 35.5. The maximum Gasteiger partial charge on any atom is 0.265 e. The zero-order chi connectivity index (χ0) is 18.6. The number of para-hydroxylation sites is 1. The van der Waals surface area contributed by atoms with E-state index in [4.69, 9.17) is 16.3 Å². The van der Waals surface area contributed by atoms with Crippen LogP contribution in [0.5, 0.6) is 5.75 Å². The lowest BCUT2D eigenvalue weighted by molar-refractivity contribution is -0.122. The van der Waals surface area contributed by atoms with Crippen molar-refractivity contribution >= 4 is 33.2 Å². The van der Waals surface area contributed by atoms with Gasteiger partial charge in [-0.3, -0.25) is 4.79 Å². The van der Waals surface area contributed by atoms with E-state index in [0.29, 0.717) is 16.5 Å². The van der Waals surface area contributed by atoms with Gasteiger partial charge in [0.25, 0.3) is 5.91 Å². The molecule has 0 saturated heterocycles. The Hall–Kier alpha value is -2.09. The number of nitrogens with one attached hydrogen (secondary N) is 1. The van der Waals surface area contributed by atoms with Crippen molar-refractivity contribution in [1.29, 1.82) is 0 Å². The summed E-state index contributed by atoms with van der Waals surface area (Å²) in [4.78, 5) is 12.4. The molecule has 134 valence electrons. The third kappa shape index (κ3) is 4.72. The van der Waals surface area contributed by atoms with Crippen LogP contribution in [0.4, 0.5) is 5.69 Å². The molecular weight excluding hydrogens is 364 g/mol. The molecule has 0 fully saturated rings. The zero-order valence-corrected chi connectivity index (χ0v) is 15.6. The summed E-state index contributed by atoms with van der Waals surface area (Å²) >= 11 is 6.01. The number of ether oxygens (including phenoxy) is 1. The first-order valence-electron chi connectivity index (χ1n) is 7.46. The molecule has 0 heterocycles. The number of amides is 1. The minimum absolute atomic E-state index is 0.0926. The van der Waals surface area contributed by atoms with Crippen molar-refractivity contribution in [2.75, 3.05) is 19.4 Å². The first-order valence-corrected chi connectivity index (χ1v) is 9.28. The Morgan fingerprint density at radius 2 is 1.84 bits per heavy atom. The van der Waals surface area contributed by atoms with Crippen LogP contribution in [0.3, 0.4) is 0 Å². The Morgan fingerprint density at radius 3 is 2.48 bits per heavy atom. The molecule has 25 heavy (non-hydrogen) atoms. The average Bonchev–Trinajstić information content (AvgIpc) is 2.57. The summed E-state index contributed by atoms with van der Waals surface area (Å²) in [5, 5.41) is 3.05. The Kier molecular flexibility index (Phi) is 6.05. The fourth-order valence-electron chi connectivity index (χ4n) is 1.97. The van der Waals surface area contributed by atoms with E-state index in [-0.39, 0.29) is 4.90 Å². The number of benzene rings is 2. The van der Waals surface area contributed by atoms with Crippen molar-refractivity contribution in [1.82, 2.24) is 4.31 Å². The quantitative estimate of drug-likeness (QED) is 0.833. The normalized spacial score (nSPS) is 12.7. The highest BCUT2D eigenvalue weighted by molar-refractivity contribution is 7.89. The predicted molar refractivity (Wildman–Crippen MR) is 97.5 cm³/mol. The Balaban J connectivity index is 2.12. The molecule has 0 saturated carbocycles. The van der Waals surface area contributed by atoms with Gasteiger partial charge in [-0.15, -0.1) is 0 Å². The number of hydrogen-bond donors (Lipinski definition) is 1. The highest BCUT2D eigenvalue weighted by Crippen LogP contribution is 2.24. The Morgan fingerprint density at radius 1 is 1.16 bits per heavy atom. The first-order chi connectivity index (χ1) is 11.7. The van der Waals surface area contributed by atoms with Crippen LogP contribution in [0.25, 0.3) is 0 Å². The van der Waals surface area contributed by atoms with Crippen molar-refractivity contribution in [3.63, 3.8) is 0 Å². The molecule has 1 unspecified atom stereocenters. The Labute approximate surface area is 152 Å². The molecule has 0 aliphatic rings. The number of anilines is 1. The van der Waals surface area contributed by atoms with E-state index in [0.717, 1.165) is 4.31 Å². The largest absolute Gasteiger partial charge is 0.479 e. The summed E-state index contributed by atoms with van der Waals surface area (Å²) in [7, 11) is -0.687. The number of halogens is 1. The van der Waals surface area contributed by atoms with Crippen molar-refractivity contribution < 1.29 is 17.9 Å². The van der Waals surface area contributed by atoms with Gasteiger partial charge in [-0.05, 0) is 37.3 Å². The maximum absolute atomic E-state index is 12.3. The summed E-state index contributed by atoms with van der Waals surface area (Å²) in [5.41, 5.74) is 0.363.